The fourth-order valence-corrected chi connectivity index (χ4v) is 3.09. The molecule has 0 aliphatic rings. The van der Waals surface area contributed by atoms with Crippen molar-refractivity contribution in [2.75, 3.05) is 19.6 Å². The Balaban J connectivity index is 0.00000242. The minimum Gasteiger partial charge on any atom is -0.341 e. The zero-order chi connectivity index (χ0) is 15.1. The molecule has 22 heavy (non-hydrogen) atoms. The summed E-state index contributed by atoms with van der Waals surface area (Å²) in [5, 5.41) is 4.05. The number of halogens is 1. The summed E-state index contributed by atoms with van der Waals surface area (Å²) in [5.74, 6) is 0.0633. The smallest absolute Gasteiger partial charge is 0.229 e. The van der Waals surface area contributed by atoms with Crippen LogP contribution in [0.5, 0.6) is 0 Å². The van der Waals surface area contributed by atoms with Gasteiger partial charge in [-0.15, -0.1) is 12.4 Å². The third kappa shape index (κ3) is 5.13. The molecule has 1 atom stereocenters. The maximum atomic E-state index is 12.6. The number of amides is 1. The van der Waals surface area contributed by atoms with E-state index < -0.39 is 0 Å². The summed E-state index contributed by atoms with van der Waals surface area (Å²) in [6, 6.07) is 12.3. The molecule has 0 saturated carbocycles. The second kappa shape index (κ2) is 9.62. The summed E-state index contributed by atoms with van der Waals surface area (Å²) < 4.78 is 0. The first kappa shape index (κ1) is 18.7. The van der Waals surface area contributed by atoms with Crippen LogP contribution < -0.4 is 5.73 Å². The summed E-state index contributed by atoms with van der Waals surface area (Å²) in [6.45, 7) is 3.79. The van der Waals surface area contributed by atoms with E-state index in [2.05, 4.69) is 12.1 Å². The molecule has 120 valence electrons. The number of hydrogen-bond donors (Lipinski definition) is 1. The topological polar surface area (TPSA) is 46.3 Å². The lowest BCUT2D eigenvalue weighted by Crippen LogP contribution is -2.39. The highest BCUT2D eigenvalue weighted by Gasteiger charge is 2.21. The third-order valence-electron chi connectivity index (χ3n) is 3.64. The van der Waals surface area contributed by atoms with E-state index in [1.165, 1.54) is 5.56 Å². The first-order valence-corrected chi connectivity index (χ1v) is 8.21. The maximum absolute atomic E-state index is 12.6. The highest BCUT2D eigenvalue weighted by atomic mass is 35.5. The molecule has 0 aliphatic carbocycles. The van der Waals surface area contributed by atoms with Gasteiger partial charge in [-0.3, -0.25) is 4.79 Å². The molecule has 2 rings (SSSR count). The van der Waals surface area contributed by atoms with Crippen LogP contribution in [0.3, 0.4) is 0 Å². The van der Waals surface area contributed by atoms with Gasteiger partial charge >= 0.3 is 0 Å². The van der Waals surface area contributed by atoms with Crippen molar-refractivity contribution in [2.24, 2.45) is 5.73 Å². The van der Waals surface area contributed by atoms with Crippen LogP contribution in [0.1, 0.15) is 24.0 Å². The molecule has 0 saturated heterocycles. The average Bonchev–Trinajstić information content (AvgIpc) is 3.05. The molecule has 1 unspecified atom stereocenters. The van der Waals surface area contributed by atoms with Crippen molar-refractivity contribution >= 4 is 29.7 Å². The fraction of sp³-hybridized carbons (Fsp3) is 0.353. The van der Waals surface area contributed by atoms with Gasteiger partial charge < -0.3 is 10.6 Å². The minimum atomic E-state index is -0.0985. The van der Waals surface area contributed by atoms with Crippen LogP contribution in [0.15, 0.2) is 47.2 Å². The van der Waals surface area contributed by atoms with Crippen LogP contribution in [-0.2, 0) is 11.2 Å². The second-order valence-electron chi connectivity index (χ2n) is 5.13. The average molecular weight is 339 g/mol. The lowest BCUT2D eigenvalue weighted by Gasteiger charge is -2.25. The molecule has 1 heterocycles. The van der Waals surface area contributed by atoms with Crippen molar-refractivity contribution in [3.63, 3.8) is 0 Å². The highest BCUT2D eigenvalue weighted by Crippen LogP contribution is 2.20. The van der Waals surface area contributed by atoms with Crippen molar-refractivity contribution in [3.05, 3.63) is 58.3 Å². The molecule has 1 amide bonds. The van der Waals surface area contributed by atoms with E-state index in [0.29, 0.717) is 19.6 Å². The highest BCUT2D eigenvalue weighted by molar-refractivity contribution is 7.08. The number of carbonyl (C=O) groups excluding carboxylic acids is 1. The van der Waals surface area contributed by atoms with Gasteiger partial charge in [-0.25, -0.2) is 0 Å². The van der Waals surface area contributed by atoms with E-state index in [1.54, 1.807) is 11.3 Å². The predicted octanol–water partition coefficient (Wildman–Crippen LogP) is 3.30. The van der Waals surface area contributed by atoms with Gasteiger partial charge in [-0.2, -0.15) is 11.3 Å². The molecule has 2 aromatic rings. The van der Waals surface area contributed by atoms with Gasteiger partial charge in [0.1, 0.15) is 0 Å². The Hall–Kier alpha value is -1.36. The number of carbonyl (C=O) groups is 1. The lowest BCUT2D eigenvalue weighted by molar-refractivity contribution is -0.132. The summed E-state index contributed by atoms with van der Waals surface area (Å²) in [4.78, 5) is 14.5. The Labute approximate surface area is 142 Å². The summed E-state index contributed by atoms with van der Waals surface area (Å²) in [6.07, 6.45) is 0.864. The Morgan fingerprint density at radius 1 is 1.23 bits per heavy atom. The van der Waals surface area contributed by atoms with Crippen LogP contribution in [0.25, 0.3) is 0 Å². The van der Waals surface area contributed by atoms with Gasteiger partial charge in [0.15, 0.2) is 0 Å². The zero-order valence-corrected chi connectivity index (χ0v) is 14.4. The van der Waals surface area contributed by atoms with Gasteiger partial charge in [0.25, 0.3) is 0 Å². The number of thiophene rings is 1. The molecular weight excluding hydrogens is 316 g/mol. The summed E-state index contributed by atoms with van der Waals surface area (Å²) >= 11 is 1.63. The molecule has 1 aromatic heterocycles. The predicted molar refractivity (Wildman–Crippen MR) is 95.8 cm³/mol. The van der Waals surface area contributed by atoms with Gasteiger partial charge in [-0.1, -0.05) is 30.3 Å². The molecule has 2 N–H and O–H groups in total. The number of benzene rings is 1. The molecule has 0 fully saturated rings. The maximum Gasteiger partial charge on any atom is 0.229 e. The van der Waals surface area contributed by atoms with Crippen molar-refractivity contribution in [2.45, 2.75) is 19.3 Å². The number of nitrogens with zero attached hydrogens (tertiary/aromatic N) is 1. The normalized spacial score (nSPS) is 11.5. The largest absolute Gasteiger partial charge is 0.341 e. The second-order valence-corrected chi connectivity index (χ2v) is 5.91. The van der Waals surface area contributed by atoms with Gasteiger partial charge in [0.2, 0.25) is 5.91 Å². The van der Waals surface area contributed by atoms with E-state index in [4.69, 9.17) is 5.73 Å². The Morgan fingerprint density at radius 3 is 2.55 bits per heavy atom. The van der Waals surface area contributed by atoms with Crippen molar-refractivity contribution in [1.82, 2.24) is 4.90 Å². The molecule has 1 aromatic carbocycles. The number of rotatable bonds is 7. The first-order valence-electron chi connectivity index (χ1n) is 7.27. The zero-order valence-electron chi connectivity index (χ0n) is 12.8. The minimum absolute atomic E-state index is 0. The quantitative estimate of drug-likeness (QED) is 0.842. The standard InChI is InChI=1S/C17H22N2OS.ClH/c1-14(16-8-12-21-13-16)17(20)19(11-9-18)10-7-15-5-3-2-4-6-15;/h2-6,8,12-14H,7,9-11,18H2,1H3;1H. The molecule has 0 spiro atoms. The van der Waals surface area contributed by atoms with Crippen LogP contribution >= 0.6 is 23.7 Å². The summed E-state index contributed by atoms with van der Waals surface area (Å²) in [5.41, 5.74) is 8.00. The molecule has 3 nitrogen and oxygen atoms in total. The van der Waals surface area contributed by atoms with E-state index in [-0.39, 0.29) is 24.2 Å². The van der Waals surface area contributed by atoms with E-state index >= 15 is 0 Å². The van der Waals surface area contributed by atoms with E-state index in [0.717, 1.165) is 12.0 Å². The van der Waals surface area contributed by atoms with Gasteiger partial charge in [0.05, 0.1) is 5.92 Å². The summed E-state index contributed by atoms with van der Waals surface area (Å²) in [7, 11) is 0. The van der Waals surface area contributed by atoms with Crippen molar-refractivity contribution < 1.29 is 4.79 Å². The van der Waals surface area contributed by atoms with E-state index in [9.17, 15) is 4.79 Å². The van der Waals surface area contributed by atoms with Crippen LogP contribution in [0.2, 0.25) is 0 Å². The monoisotopic (exact) mass is 338 g/mol. The molecular formula is C17H23ClN2OS. The Bertz CT molecular complexity index is 545. The molecule has 0 aliphatic heterocycles. The van der Waals surface area contributed by atoms with Gasteiger partial charge in [-0.05, 0) is 41.3 Å². The lowest BCUT2D eigenvalue weighted by atomic mass is 10.0. The Kier molecular flexibility index (Phi) is 8.17. The molecule has 0 radical (unpaired) electrons. The SMILES string of the molecule is CC(C(=O)N(CCN)CCc1ccccc1)c1ccsc1.Cl. The van der Waals surface area contributed by atoms with Crippen molar-refractivity contribution in [3.8, 4) is 0 Å². The van der Waals surface area contributed by atoms with Crippen molar-refractivity contribution in [1.29, 1.82) is 0 Å². The first-order chi connectivity index (χ1) is 10.2. The number of hydrogen-bond acceptors (Lipinski definition) is 3. The fourth-order valence-electron chi connectivity index (χ4n) is 2.33. The molecule has 0 bridgehead atoms. The number of nitrogens with two attached hydrogens (primary N) is 1. The van der Waals surface area contributed by atoms with Gasteiger partial charge in [0, 0.05) is 19.6 Å². The third-order valence-corrected chi connectivity index (χ3v) is 4.34. The van der Waals surface area contributed by atoms with Crippen LogP contribution in [0.4, 0.5) is 0 Å². The Morgan fingerprint density at radius 2 is 1.95 bits per heavy atom. The molecule has 5 heteroatoms. The van der Waals surface area contributed by atoms with Crippen LogP contribution in [-0.4, -0.2) is 30.4 Å². The van der Waals surface area contributed by atoms with E-state index in [1.807, 2.05) is 46.8 Å². The van der Waals surface area contributed by atoms with Crippen LogP contribution in [0, 0.1) is 0 Å².